The van der Waals surface area contributed by atoms with Crippen molar-refractivity contribution in [2.75, 3.05) is 0 Å². The molecule has 0 aromatic carbocycles. The number of nitrogens with two attached hydrogens (primary N) is 1. The van der Waals surface area contributed by atoms with Crippen molar-refractivity contribution < 1.29 is 0 Å². The SMILES string of the molecule is CCCn1cc(C(N)CCc2c(C)nn(C)c2C)cn1. The lowest BCUT2D eigenvalue weighted by atomic mass is 10.0. The molecule has 0 saturated carbocycles. The van der Waals surface area contributed by atoms with Gasteiger partial charge in [0.05, 0.1) is 11.9 Å². The molecule has 2 aromatic rings. The van der Waals surface area contributed by atoms with Crippen LogP contribution in [0.4, 0.5) is 0 Å². The largest absolute Gasteiger partial charge is 0.324 e. The van der Waals surface area contributed by atoms with E-state index in [4.69, 9.17) is 5.73 Å². The van der Waals surface area contributed by atoms with Gasteiger partial charge in [0.25, 0.3) is 0 Å². The third kappa shape index (κ3) is 3.10. The fourth-order valence-electron chi connectivity index (χ4n) is 2.57. The van der Waals surface area contributed by atoms with Crippen molar-refractivity contribution in [1.82, 2.24) is 19.6 Å². The lowest BCUT2D eigenvalue weighted by Gasteiger charge is -2.09. The van der Waals surface area contributed by atoms with E-state index in [2.05, 4.69) is 37.2 Å². The summed E-state index contributed by atoms with van der Waals surface area (Å²) < 4.78 is 3.91. The first-order chi connectivity index (χ1) is 9.52. The minimum Gasteiger partial charge on any atom is -0.324 e. The normalized spacial score (nSPS) is 12.8. The van der Waals surface area contributed by atoms with Crippen LogP contribution >= 0.6 is 0 Å². The molecule has 2 rings (SSSR count). The van der Waals surface area contributed by atoms with E-state index in [-0.39, 0.29) is 6.04 Å². The van der Waals surface area contributed by atoms with Crippen LogP contribution in [0.25, 0.3) is 0 Å². The fourth-order valence-corrected chi connectivity index (χ4v) is 2.57. The molecular weight excluding hydrogens is 250 g/mol. The highest BCUT2D eigenvalue weighted by molar-refractivity contribution is 5.25. The highest BCUT2D eigenvalue weighted by Gasteiger charge is 2.13. The minimum atomic E-state index is 0.0413. The first-order valence-electron chi connectivity index (χ1n) is 7.30. The van der Waals surface area contributed by atoms with Crippen LogP contribution in [-0.4, -0.2) is 19.6 Å². The van der Waals surface area contributed by atoms with E-state index in [0.29, 0.717) is 0 Å². The summed E-state index contributed by atoms with van der Waals surface area (Å²) in [6.45, 7) is 7.27. The third-order valence-electron chi connectivity index (χ3n) is 3.90. The van der Waals surface area contributed by atoms with Crippen LogP contribution in [0.3, 0.4) is 0 Å². The number of hydrogen-bond acceptors (Lipinski definition) is 3. The second-order valence-corrected chi connectivity index (χ2v) is 5.45. The average Bonchev–Trinajstić information content (AvgIpc) is 2.95. The summed E-state index contributed by atoms with van der Waals surface area (Å²) in [4.78, 5) is 0. The summed E-state index contributed by atoms with van der Waals surface area (Å²) in [7, 11) is 1.99. The lowest BCUT2D eigenvalue weighted by Crippen LogP contribution is -2.11. The molecule has 0 fully saturated rings. The molecular formula is C15H25N5. The molecule has 2 heterocycles. The molecule has 5 nitrogen and oxygen atoms in total. The Labute approximate surface area is 120 Å². The van der Waals surface area contributed by atoms with E-state index in [0.717, 1.165) is 37.1 Å². The molecule has 0 bridgehead atoms. The highest BCUT2D eigenvalue weighted by atomic mass is 15.3. The summed E-state index contributed by atoms with van der Waals surface area (Å²) in [5, 5.41) is 8.79. The molecule has 2 aromatic heterocycles. The smallest absolute Gasteiger partial charge is 0.0628 e. The second kappa shape index (κ2) is 6.22. The summed E-state index contributed by atoms with van der Waals surface area (Å²) in [5.74, 6) is 0. The maximum atomic E-state index is 6.28. The maximum Gasteiger partial charge on any atom is 0.0628 e. The van der Waals surface area contributed by atoms with E-state index >= 15 is 0 Å². The van der Waals surface area contributed by atoms with Crippen molar-refractivity contribution in [2.24, 2.45) is 12.8 Å². The van der Waals surface area contributed by atoms with Gasteiger partial charge in [-0.25, -0.2) is 0 Å². The fraction of sp³-hybridized carbons (Fsp3) is 0.600. The Bertz CT molecular complexity index is 567. The average molecular weight is 275 g/mol. The molecule has 0 saturated heterocycles. The molecule has 2 N–H and O–H groups in total. The Kier molecular flexibility index (Phi) is 4.60. The molecule has 0 aliphatic heterocycles. The Balaban J connectivity index is 1.99. The van der Waals surface area contributed by atoms with Crippen molar-refractivity contribution in [3.8, 4) is 0 Å². The van der Waals surface area contributed by atoms with E-state index in [1.807, 2.05) is 22.6 Å². The molecule has 0 aliphatic carbocycles. The number of hydrogen-bond donors (Lipinski definition) is 1. The lowest BCUT2D eigenvalue weighted by molar-refractivity contribution is 0.598. The first-order valence-corrected chi connectivity index (χ1v) is 7.30. The van der Waals surface area contributed by atoms with Crippen LogP contribution in [0.2, 0.25) is 0 Å². The molecule has 1 atom stereocenters. The summed E-state index contributed by atoms with van der Waals surface area (Å²) >= 11 is 0. The van der Waals surface area contributed by atoms with Crippen LogP contribution in [0.5, 0.6) is 0 Å². The van der Waals surface area contributed by atoms with Gasteiger partial charge in [-0.1, -0.05) is 6.92 Å². The number of aromatic nitrogens is 4. The van der Waals surface area contributed by atoms with Gasteiger partial charge in [0.1, 0.15) is 0 Å². The van der Waals surface area contributed by atoms with Crippen LogP contribution in [0.15, 0.2) is 12.4 Å². The monoisotopic (exact) mass is 275 g/mol. The molecule has 5 heteroatoms. The maximum absolute atomic E-state index is 6.28. The number of rotatable bonds is 6. The molecule has 20 heavy (non-hydrogen) atoms. The van der Waals surface area contributed by atoms with Gasteiger partial charge < -0.3 is 5.73 Å². The molecule has 0 spiro atoms. The molecule has 0 amide bonds. The topological polar surface area (TPSA) is 61.7 Å². The zero-order valence-corrected chi connectivity index (χ0v) is 12.9. The van der Waals surface area contributed by atoms with Gasteiger partial charge in [0.2, 0.25) is 0 Å². The zero-order valence-electron chi connectivity index (χ0n) is 12.9. The predicted molar refractivity (Wildman–Crippen MR) is 80.4 cm³/mol. The molecule has 1 unspecified atom stereocenters. The van der Waals surface area contributed by atoms with Crippen molar-refractivity contribution in [3.63, 3.8) is 0 Å². The van der Waals surface area contributed by atoms with Gasteiger partial charge in [-0.15, -0.1) is 0 Å². The third-order valence-corrected chi connectivity index (χ3v) is 3.90. The van der Waals surface area contributed by atoms with E-state index in [9.17, 15) is 0 Å². The molecule has 110 valence electrons. The predicted octanol–water partition coefficient (Wildman–Crippen LogP) is 2.28. The first kappa shape index (κ1) is 14.8. The van der Waals surface area contributed by atoms with Crippen molar-refractivity contribution in [1.29, 1.82) is 0 Å². The van der Waals surface area contributed by atoms with Crippen LogP contribution in [0.1, 0.15) is 48.3 Å². The van der Waals surface area contributed by atoms with Gasteiger partial charge in [-0.3, -0.25) is 9.36 Å². The Morgan fingerprint density at radius 1 is 1.35 bits per heavy atom. The van der Waals surface area contributed by atoms with Crippen LogP contribution in [0, 0.1) is 13.8 Å². The van der Waals surface area contributed by atoms with Crippen LogP contribution < -0.4 is 5.73 Å². The number of aryl methyl sites for hydroxylation is 3. The van der Waals surface area contributed by atoms with Gasteiger partial charge in [-0.05, 0) is 38.7 Å². The minimum absolute atomic E-state index is 0.0413. The van der Waals surface area contributed by atoms with Crippen molar-refractivity contribution in [3.05, 3.63) is 34.9 Å². The number of nitrogens with zero attached hydrogens (tertiary/aromatic N) is 4. The summed E-state index contributed by atoms with van der Waals surface area (Å²) in [6.07, 6.45) is 6.93. The van der Waals surface area contributed by atoms with Crippen molar-refractivity contribution >= 4 is 0 Å². The quantitative estimate of drug-likeness (QED) is 0.879. The Morgan fingerprint density at radius 2 is 2.10 bits per heavy atom. The zero-order chi connectivity index (χ0) is 14.7. The summed E-state index contributed by atoms with van der Waals surface area (Å²) in [6, 6.07) is 0.0413. The van der Waals surface area contributed by atoms with Crippen LogP contribution in [-0.2, 0) is 20.0 Å². The Hall–Kier alpha value is -1.62. The van der Waals surface area contributed by atoms with Gasteiger partial charge in [0.15, 0.2) is 0 Å². The van der Waals surface area contributed by atoms with Crippen molar-refractivity contribution in [2.45, 2.75) is 52.6 Å². The van der Waals surface area contributed by atoms with Gasteiger partial charge in [0, 0.05) is 37.1 Å². The highest BCUT2D eigenvalue weighted by Crippen LogP contribution is 2.20. The Morgan fingerprint density at radius 3 is 2.70 bits per heavy atom. The summed E-state index contributed by atoms with van der Waals surface area (Å²) in [5.41, 5.74) is 11.1. The van der Waals surface area contributed by atoms with E-state index in [1.54, 1.807) is 0 Å². The standard InChI is InChI=1S/C15H25N5/c1-5-8-20-10-13(9-17-20)15(16)7-6-14-11(2)18-19(4)12(14)3/h9-10,15H,5-8,16H2,1-4H3. The van der Waals surface area contributed by atoms with Gasteiger partial charge in [-0.2, -0.15) is 10.2 Å². The van der Waals surface area contributed by atoms with E-state index < -0.39 is 0 Å². The second-order valence-electron chi connectivity index (χ2n) is 5.45. The van der Waals surface area contributed by atoms with Gasteiger partial charge >= 0.3 is 0 Å². The van der Waals surface area contributed by atoms with E-state index in [1.165, 1.54) is 11.3 Å². The molecule has 0 aliphatic rings. The molecule has 0 radical (unpaired) electrons.